The summed E-state index contributed by atoms with van der Waals surface area (Å²) in [5, 5.41) is 3.21. The van der Waals surface area contributed by atoms with Gasteiger partial charge in [-0.15, -0.1) is 0 Å². The van der Waals surface area contributed by atoms with E-state index in [9.17, 15) is 4.79 Å². The molecule has 16 heavy (non-hydrogen) atoms. The number of hydrogen-bond acceptors (Lipinski definition) is 3. The number of imidazole rings is 1. The summed E-state index contributed by atoms with van der Waals surface area (Å²) in [4.78, 5) is 16.4. The minimum atomic E-state index is -0.0439. The minimum absolute atomic E-state index is 0.0439. The zero-order chi connectivity index (χ0) is 11.0. The molecular formula is C12H13N3O. The lowest BCUT2D eigenvalue weighted by atomic mass is 10.2. The van der Waals surface area contributed by atoms with E-state index >= 15 is 0 Å². The predicted molar refractivity (Wildman–Crippen MR) is 61.4 cm³/mol. The van der Waals surface area contributed by atoms with Gasteiger partial charge in [-0.2, -0.15) is 0 Å². The first-order chi connectivity index (χ1) is 7.86. The van der Waals surface area contributed by atoms with Crippen molar-refractivity contribution < 1.29 is 4.79 Å². The average Bonchev–Trinajstić information content (AvgIpc) is 2.98. The van der Waals surface area contributed by atoms with Gasteiger partial charge in [-0.05, 0) is 31.5 Å². The van der Waals surface area contributed by atoms with Crippen LogP contribution in [0.25, 0.3) is 11.0 Å². The normalized spacial score (nSPS) is 20.4. The van der Waals surface area contributed by atoms with Crippen LogP contribution in [0.3, 0.4) is 0 Å². The molecular weight excluding hydrogens is 202 g/mol. The van der Waals surface area contributed by atoms with Crippen molar-refractivity contribution in [2.45, 2.75) is 18.9 Å². The van der Waals surface area contributed by atoms with Crippen molar-refractivity contribution in [3.63, 3.8) is 0 Å². The summed E-state index contributed by atoms with van der Waals surface area (Å²) >= 11 is 0. The van der Waals surface area contributed by atoms with Crippen molar-refractivity contribution in [1.29, 1.82) is 0 Å². The molecule has 1 aliphatic rings. The smallest absolute Gasteiger partial charge is 0.249 e. The molecule has 1 saturated heterocycles. The summed E-state index contributed by atoms with van der Waals surface area (Å²) < 4.78 is 1.65. The first-order valence-electron chi connectivity index (χ1n) is 5.56. The van der Waals surface area contributed by atoms with Crippen LogP contribution in [0, 0.1) is 0 Å². The molecule has 4 heteroatoms. The summed E-state index contributed by atoms with van der Waals surface area (Å²) in [6.07, 6.45) is 3.61. The van der Waals surface area contributed by atoms with E-state index in [2.05, 4.69) is 10.3 Å². The van der Waals surface area contributed by atoms with Crippen molar-refractivity contribution in [3.8, 4) is 0 Å². The average molecular weight is 215 g/mol. The number of rotatable bonds is 1. The van der Waals surface area contributed by atoms with Gasteiger partial charge < -0.3 is 5.32 Å². The van der Waals surface area contributed by atoms with E-state index in [0.29, 0.717) is 0 Å². The van der Waals surface area contributed by atoms with E-state index in [1.165, 1.54) is 0 Å². The standard InChI is InChI=1S/C12H13N3O/c16-12(10-5-3-7-13-10)15-8-14-9-4-1-2-6-11(9)15/h1-2,4,6,8,10,13H,3,5,7H2. The Morgan fingerprint density at radius 1 is 1.44 bits per heavy atom. The maximum atomic E-state index is 12.2. The van der Waals surface area contributed by atoms with Crippen molar-refractivity contribution >= 4 is 16.9 Å². The fraction of sp³-hybridized carbons (Fsp3) is 0.333. The number of nitrogens with one attached hydrogen (secondary N) is 1. The molecule has 4 nitrogen and oxygen atoms in total. The second-order valence-corrected chi connectivity index (χ2v) is 4.09. The molecule has 0 saturated carbocycles. The Balaban J connectivity index is 2.02. The molecule has 2 heterocycles. The highest BCUT2D eigenvalue weighted by Gasteiger charge is 2.24. The van der Waals surface area contributed by atoms with Crippen LogP contribution in [-0.4, -0.2) is 28.0 Å². The van der Waals surface area contributed by atoms with Crippen LogP contribution in [0.5, 0.6) is 0 Å². The maximum Gasteiger partial charge on any atom is 0.249 e. The Kier molecular flexibility index (Phi) is 2.22. The molecule has 82 valence electrons. The van der Waals surface area contributed by atoms with Crippen LogP contribution in [0.15, 0.2) is 30.6 Å². The van der Waals surface area contributed by atoms with Crippen molar-refractivity contribution in [2.24, 2.45) is 0 Å². The van der Waals surface area contributed by atoms with Gasteiger partial charge in [-0.3, -0.25) is 9.36 Å². The van der Waals surface area contributed by atoms with Crippen molar-refractivity contribution in [3.05, 3.63) is 30.6 Å². The van der Waals surface area contributed by atoms with E-state index in [1.54, 1.807) is 10.9 Å². The molecule has 1 aromatic heterocycles. The van der Waals surface area contributed by atoms with Gasteiger partial charge in [-0.25, -0.2) is 4.98 Å². The highest BCUT2D eigenvalue weighted by atomic mass is 16.2. The fourth-order valence-electron chi connectivity index (χ4n) is 2.20. The first kappa shape index (κ1) is 9.54. The molecule has 1 atom stereocenters. The summed E-state index contributed by atoms with van der Waals surface area (Å²) in [6, 6.07) is 7.65. The second-order valence-electron chi connectivity index (χ2n) is 4.09. The van der Waals surface area contributed by atoms with Crippen LogP contribution in [0.1, 0.15) is 17.6 Å². The fourth-order valence-corrected chi connectivity index (χ4v) is 2.20. The Labute approximate surface area is 93.3 Å². The van der Waals surface area contributed by atoms with Gasteiger partial charge in [0.2, 0.25) is 5.91 Å². The monoisotopic (exact) mass is 215 g/mol. The highest BCUT2D eigenvalue weighted by Crippen LogP contribution is 2.15. The van der Waals surface area contributed by atoms with Crippen LogP contribution < -0.4 is 5.32 Å². The van der Waals surface area contributed by atoms with Gasteiger partial charge >= 0.3 is 0 Å². The van der Waals surface area contributed by atoms with Crippen LogP contribution in [0.2, 0.25) is 0 Å². The number of aromatic nitrogens is 2. The first-order valence-corrected chi connectivity index (χ1v) is 5.56. The number of nitrogens with zero attached hydrogens (tertiary/aromatic N) is 2. The molecule has 0 spiro atoms. The molecule has 0 bridgehead atoms. The van der Waals surface area contributed by atoms with E-state index in [0.717, 1.165) is 30.4 Å². The van der Waals surface area contributed by atoms with Crippen LogP contribution in [0.4, 0.5) is 0 Å². The number of fused-ring (bicyclic) bond motifs is 1. The summed E-state index contributed by atoms with van der Waals surface area (Å²) in [5.74, 6) is 0.103. The second kappa shape index (κ2) is 3.72. The third kappa shape index (κ3) is 1.42. The van der Waals surface area contributed by atoms with Gasteiger partial charge in [0.1, 0.15) is 6.33 Å². The van der Waals surface area contributed by atoms with Gasteiger partial charge in [0.05, 0.1) is 17.1 Å². The predicted octanol–water partition coefficient (Wildman–Crippen LogP) is 1.43. The molecule has 3 rings (SSSR count). The highest BCUT2D eigenvalue weighted by molar-refractivity contribution is 5.93. The van der Waals surface area contributed by atoms with E-state index < -0.39 is 0 Å². The van der Waals surface area contributed by atoms with Gasteiger partial charge in [-0.1, -0.05) is 12.1 Å². The van der Waals surface area contributed by atoms with E-state index in [-0.39, 0.29) is 11.9 Å². The lowest BCUT2D eigenvalue weighted by Crippen LogP contribution is -2.34. The van der Waals surface area contributed by atoms with Crippen molar-refractivity contribution in [2.75, 3.05) is 6.54 Å². The number of para-hydroxylation sites is 2. The molecule has 1 fully saturated rings. The Bertz CT molecular complexity index is 526. The van der Waals surface area contributed by atoms with Crippen LogP contribution in [-0.2, 0) is 0 Å². The number of carbonyl (C=O) groups excluding carboxylic acids is 1. The lowest BCUT2D eigenvalue weighted by molar-refractivity contribution is 0.0874. The van der Waals surface area contributed by atoms with Crippen LogP contribution >= 0.6 is 0 Å². The Morgan fingerprint density at radius 2 is 2.31 bits per heavy atom. The van der Waals surface area contributed by atoms with Gasteiger partial charge in [0.15, 0.2) is 0 Å². The lowest BCUT2D eigenvalue weighted by Gasteiger charge is -2.09. The Hall–Kier alpha value is -1.68. The summed E-state index contributed by atoms with van der Waals surface area (Å²) in [6.45, 7) is 0.934. The molecule has 1 unspecified atom stereocenters. The molecule has 0 aliphatic carbocycles. The van der Waals surface area contributed by atoms with Crippen molar-refractivity contribution in [1.82, 2.24) is 14.9 Å². The SMILES string of the molecule is O=C(C1CCCN1)n1cnc2ccccc21. The molecule has 0 amide bonds. The number of benzene rings is 1. The molecule has 1 aromatic carbocycles. The summed E-state index contributed by atoms with van der Waals surface area (Å²) in [7, 11) is 0. The van der Waals surface area contributed by atoms with Gasteiger partial charge in [0, 0.05) is 0 Å². The number of carbonyl (C=O) groups is 1. The molecule has 1 aliphatic heterocycles. The minimum Gasteiger partial charge on any atom is -0.306 e. The molecule has 1 N–H and O–H groups in total. The third-order valence-corrected chi connectivity index (χ3v) is 3.05. The molecule has 0 radical (unpaired) electrons. The zero-order valence-electron chi connectivity index (χ0n) is 8.89. The zero-order valence-corrected chi connectivity index (χ0v) is 8.89. The largest absolute Gasteiger partial charge is 0.306 e. The quantitative estimate of drug-likeness (QED) is 0.782. The number of hydrogen-bond donors (Lipinski definition) is 1. The third-order valence-electron chi connectivity index (χ3n) is 3.05. The Morgan fingerprint density at radius 3 is 3.12 bits per heavy atom. The topological polar surface area (TPSA) is 46.9 Å². The van der Waals surface area contributed by atoms with Gasteiger partial charge in [0.25, 0.3) is 0 Å². The maximum absolute atomic E-state index is 12.2. The molecule has 2 aromatic rings. The summed E-state index contributed by atoms with van der Waals surface area (Å²) in [5.41, 5.74) is 1.76. The van der Waals surface area contributed by atoms with E-state index in [1.807, 2.05) is 24.3 Å². The van der Waals surface area contributed by atoms with E-state index in [4.69, 9.17) is 0 Å².